The normalized spacial score (nSPS) is 20.3. The number of thiocarbonyl (C=S) groups is 1. The van der Waals surface area contributed by atoms with Gasteiger partial charge in [-0.2, -0.15) is 0 Å². The molecule has 1 aromatic rings. The number of rotatable bonds is 6. The molecule has 0 fully saturated rings. The van der Waals surface area contributed by atoms with E-state index >= 15 is 0 Å². The van der Waals surface area contributed by atoms with Gasteiger partial charge in [0.25, 0.3) is 0 Å². The van der Waals surface area contributed by atoms with Crippen molar-refractivity contribution in [2.45, 2.75) is 110 Å². The number of nitrogens with two attached hydrogens (primary N) is 1. The maximum Gasteiger partial charge on any atom is 0.410 e. The Hall–Kier alpha value is -2.39. The Balaban J connectivity index is 1.82. The fourth-order valence-electron chi connectivity index (χ4n) is 4.48. The average Bonchev–Trinajstić information content (AvgIpc) is 2.73. The fourth-order valence-corrected chi connectivity index (χ4v) is 4.63. The molecule has 0 spiro atoms. The molecule has 0 bridgehead atoms. The van der Waals surface area contributed by atoms with E-state index < -0.39 is 23.2 Å². The van der Waals surface area contributed by atoms with Crippen molar-refractivity contribution >= 4 is 35.0 Å². The van der Waals surface area contributed by atoms with Gasteiger partial charge in [-0.05, 0) is 104 Å². The van der Waals surface area contributed by atoms with Crippen molar-refractivity contribution in [1.29, 1.82) is 0 Å². The number of ether oxygens (including phenoxy) is 3. The number of nitrogens with one attached hydrogen (secondary N) is 1. The van der Waals surface area contributed by atoms with Gasteiger partial charge in [0.1, 0.15) is 34.1 Å². The van der Waals surface area contributed by atoms with Crippen molar-refractivity contribution in [2.24, 2.45) is 5.73 Å². The summed E-state index contributed by atoms with van der Waals surface area (Å²) in [6.45, 7) is 13.3. The summed E-state index contributed by atoms with van der Waals surface area (Å²) in [4.78, 5) is 28.1. The number of amides is 1. The molecule has 1 amide bonds. The zero-order valence-electron chi connectivity index (χ0n) is 22.6. The highest BCUT2D eigenvalue weighted by molar-refractivity contribution is 7.80. The van der Waals surface area contributed by atoms with Crippen LogP contribution in [0.2, 0.25) is 0 Å². The summed E-state index contributed by atoms with van der Waals surface area (Å²) in [6, 6.07) is 3.20. The Labute approximate surface area is 220 Å². The van der Waals surface area contributed by atoms with Crippen LogP contribution in [-0.2, 0) is 20.7 Å². The summed E-state index contributed by atoms with van der Waals surface area (Å²) < 4.78 is 17.2. The van der Waals surface area contributed by atoms with E-state index in [0.29, 0.717) is 24.4 Å². The first kappa shape index (κ1) is 28.2. The van der Waals surface area contributed by atoms with Gasteiger partial charge in [0.15, 0.2) is 0 Å². The lowest BCUT2D eigenvalue weighted by molar-refractivity contribution is -0.156. The summed E-state index contributed by atoms with van der Waals surface area (Å²) in [5.41, 5.74) is 7.91. The quantitative estimate of drug-likeness (QED) is 0.387. The molecule has 3 N–H and O–H groups in total. The van der Waals surface area contributed by atoms with Crippen molar-refractivity contribution in [3.05, 3.63) is 23.3 Å². The number of aryl methyl sites for hydroxylation is 1. The van der Waals surface area contributed by atoms with Gasteiger partial charge >= 0.3 is 12.1 Å². The molecule has 1 aromatic carbocycles. The molecule has 3 rings (SSSR count). The summed E-state index contributed by atoms with van der Waals surface area (Å²) in [5, 5.41) is 3.28. The molecule has 9 heteroatoms. The monoisotopic (exact) mass is 519 g/mol. The average molecular weight is 520 g/mol. The molecule has 3 atom stereocenters. The zero-order chi connectivity index (χ0) is 26.8. The Bertz CT molecular complexity index is 998. The van der Waals surface area contributed by atoms with Gasteiger partial charge in [0.05, 0.1) is 11.7 Å². The Morgan fingerprint density at radius 1 is 1.19 bits per heavy atom. The van der Waals surface area contributed by atoms with Crippen LogP contribution in [0, 0.1) is 0 Å². The van der Waals surface area contributed by atoms with Gasteiger partial charge in [-0.1, -0.05) is 12.2 Å². The second kappa shape index (κ2) is 10.9. The van der Waals surface area contributed by atoms with Crippen LogP contribution in [0.15, 0.2) is 12.1 Å². The van der Waals surface area contributed by atoms with Crippen LogP contribution in [0.4, 0.5) is 10.5 Å². The number of hydrogen-bond donors (Lipinski definition) is 2. The van der Waals surface area contributed by atoms with E-state index in [4.69, 9.17) is 32.2 Å². The third-order valence-electron chi connectivity index (χ3n) is 6.08. The molecule has 1 aliphatic heterocycles. The van der Waals surface area contributed by atoms with E-state index in [2.05, 4.69) is 17.4 Å². The third kappa shape index (κ3) is 7.32. The predicted molar refractivity (Wildman–Crippen MR) is 144 cm³/mol. The molecular weight excluding hydrogens is 478 g/mol. The smallest absolute Gasteiger partial charge is 0.410 e. The van der Waals surface area contributed by atoms with Gasteiger partial charge in [0.2, 0.25) is 0 Å². The molecule has 200 valence electrons. The van der Waals surface area contributed by atoms with Crippen LogP contribution in [0.5, 0.6) is 5.75 Å². The third-order valence-corrected chi connectivity index (χ3v) is 6.52. The van der Waals surface area contributed by atoms with Gasteiger partial charge in [0, 0.05) is 6.54 Å². The highest BCUT2D eigenvalue weighted by Gasteiger charge is 2.34. The maximum absolute atomic E-state index is 13.4. The van der Waals surface area contributed by atoms with Crippen LogP contribution in [0.3, 0.4) is 0 Å². The molecule has 36 heavy (non-hydrogen) atoms. The molecule has 0 saturated heterocycles. The van der Waals surface area contributed by atoms with Crippen molar-refractivity contribution in [3.8, 4) is 5.75 Å². The minimum absolute atomic E-state index is 0.165. The van der Waals surface area contributed by atoms with E-state index in [-0.39, 0.29) is 18.2 Å². The lowest BCUT2D eigenvalue weighted by atomic mass is 9.85. The molecule has 1 aliphatic carbocycles. The molecule has 0 radical (unpaired) electrons. The Morgan fingerprint density at radius 3 is 2.50 bits per heavy atom. The number of fused-ring (bicyclic) bond motifs is 2. The summed E-state index contributed by atoms with van der Waals surface area (Å²) in [7, 11) is 0. The van der Waals surface area contributed by atoms with E-state index in [0.717, 1.165) is 41.8 Å². The SMILES string of the molecule is CC1Oc2cc3c(cc2NC1=S)C(N(CCCC(N)C(=O)OC(C)(C)C)C(=O)OC(C)(C)C)CCC3. The Morgan fingerprint density at radius 2 is 1.86 bits per heavy atom. The van der Waals surface area contributed by atoms with Crippen LogP contribution in [-0.4, -0.2) is 51.8 Å². The van der Waals surface area contributed by atoms with Gasteiger partial charge in [-0.15, -0.1) is 0 Å². The number of benzene rings is 1. The van der Waals surface area contributed by atoms with Crippen LogP contribution in [0.1, 0.15) is 91.3 Å². The van der Waals surface area contributed by atoms with Crippen molar-refractivity contribution in [3.63, 3.8) is 0 Å². The minimum Gasteiger partial charge on any atom is -0.481 e. The maximum atomic E-state index is 13.4. The zero-order valence-corrected chi connectivity index (χ0v) is 23.4. The van der Waals surface area contributed by atoms with E-state index in [1.165, 1.54) is 0 Å². The largest absolute Gasteiger partial charge is 0.481 e. The van der Waals surface area contributed by atoms with Crippen LogP contribution >= 0.6 is 12.2 Å². The second-order valence-corrected chi connectivity index (χ2v) is 12.1. The molecular formula is C27H41N3O5S. The number of esters is 1. The Kier molecular flexibility index (Phi) is 8.55. The minimum atomic E-state index is -0.750. The van der Waals surface area contributed by atoms with Gasteiger partial charge < -0.3 is 30.2 Å². The molecule has 8 nitrogen and oxygen atoms in total. The number of carbonyl (C=O) groups excluding carboxylic acids is 2. The van der Waals surface area contributed by atoms with Crippen LogP contribution < -0.4 is 15.8 Å². The molecule has 2 aliphatic rings. The summed E-state index contributed by atoms with van der Waals surface area (Å²) >= 11 is 5.41. The topological polar surface area (TPSA) is 103 Å². The summed E-state index contributed by atoms with van der Waals surface area (Å²) in [6.07, 6.45) is 3.04. The summed E-state index contributed by atoms with van der Waals surface area (Å²) in [5.74, 6) is 0.347. The lowest BCUT2D eigenvalue weighted by Crippen LogP contribution is -2.42. The number of carbonyl (C=O) groups is 2. The second-order valence-electron chi connectivity index (χ2n) is 11.7. The number of hydrogen-bond acceptors (Lipinski definition) is 7. The van der Waals surface area contributed by atoms with Gasteiger partial charge in [-0.3, -0.25) is 4.79 Å². The van der Waals surface area contributed by atoms with Crippen molar-refractivity contribution in [1.82, 2.24) is 4.90 Å². The number of anilines is 1. The standard InChI is InChI=1S/C27H41N3O5S/c1-16-23(36)29-20-15-18-17(14-22(20)33-16)10-8-12-21(18)30(25(32)35-27(5,6)7)13-9-11-19(28)24(31)34-26(2,3)4/h14-16,19,21H,8-13,28H2,1-7H3,(H,29,36). The number of nitrogens with zero attached hydrogens (tertiary/aromatic N) is 1. The van der Waals surface area contributed by atoms with E-state index in [9.17, 15) is 9.59 Å². The van der Waals surface area contributed by atoms with Crippen molar-refractivity contribution < 1.29 is 23.8 Å². The lowest BCUT2D eigenvalue weighted by Gasteiger charge is -2.38. The van der Waals surface area contributed by atoms with Crippen LogP contribution in [0.25, 0.3) is 0 Å². The molecule has 0 aromatic heterocycles. The van der Waals surface area contributed by atoms with E-state index in [1.807, 2.05) is 48.5 Å². The highest BCUT2D eigenvalue weighted by Crippen LogP contribution is 2.42. The first-order chi connectivity index (χ1) is 16.6. The highest BCUT2D eigenvalue weighted by atomic mass is 32.1. The van der Waals surface area contributed by atoms with Gasteiger partial charge in [-0.25, -0.2) is 4.79 Å². The fraction of sp³-hybridized carbons (Fsp3) is 0.667. The first-order valence-electron chi connectivity index (χ1n) is 12.8. The van der Waals surface area contributed by atoms with E-state index in [1.54, 1.807) is 4.90 Å². The predicted octanol–water partition coefficient (Wildman–Crippen LogP) is 5.27. The molecule has 0 saturated carbocycles. The first-order valence-corrected chi connectivity index (χ1v) is 13.2. The molecule has 1 heterocycles. The van der Waals surface area contributed by atoms with Crippen molar-refractivity contribution in [2.75, 3.05) is 11.9 Å². The molecule has 3 unspecified atom stereocenters.